The highest BCUT2D eigenvalue weighted by Gasteiger charge is 2.16. The first-order valence-electron chi connectivity index (χ1n) is 5.03. The predicted octanol–water partition coefficient (Wildman–Crippen LogP) is 1.83. The number of thioether (sulfide) groups is 1. The highest BCUT2D eigenvalue weighted by Crippen LogP contribution is 2.21. The van der Waals surface area contributed by atoms with E-state index in [0.29, 0.717) is 12.3 Å². The molecular weight excluding hydrogens is 232 g/mol. The lowest BCUT2D eigenvalue weighted by molar-refractivity contribution is 0.552. The number of hydrogen-bond donors (Lipinski definition) is 0. The molecule has 15 heavy (non-hydrogen) atoms. The van der Waals surface area contributed by atoms with Crippen molar-refractivity contribution in [3.63, 3.8) is 0 Å². The van der Waals surface area contributed by atoms with Gasteiger partial charge in [-0.05, 0) is 19.8 Å². The average molecular weight is 245 g/mol. The molecule has 2 heterocycles. The summed E-state index contributed by atoms with van der Waals surface area (Å²) < 4.78 is 1.78. The highest BCUT2D eigenvalue weighted by atomic mass is 35.5. The van der Waals surface area contributed by atoms with Crippen LogP contribution >= 0.6 is 23.4 Å². The molecule has 0 saturated heterocycles. The normalized spacial score (nSPS) is 15.1. The first kappa shape index (κ1) is 11.0. The second kappa shape index (κ2) is 4.58. The number of nitrogens with zero attached hydrogens (tertiary/aromatic N) is 2. The topological polar surface area (TPSA) is 34.9 Å². The lowest BCUT2D eigenvalue weighted by Gasteiger charge is -2.18. The SMILES string of the molecule is Cc1nc2n(c(=O)c1CCCl)CCCS2. The third-order valence-corrected chi connectivity index (χ3v) is 3.79. The van der Waals surface area contributed by atoms with Crippen molar-refractivity contribution in [3.8, 4) is 0 Å². The van der Waals surface area contributed by atoms with Crippen molar-refractivity contribution >= 4 is 23.4 Å². The van der Waals surface area contributed by atoms with Crippen molar-refractivity contribution in [1.29, 1.82) is 0 Å². The van der Waals surface area contributed by atoms with E-state index in [2.05, 4.69) is 4.98 Å². The molecule has 0 unspecified atom stereocenters. The van der Waals surface area contributed by atoms with Crippen molar-refractivity contribution in [3.05, 3.63) is 21.6 Å². The minimum Gasteiger partial charge on any atom is -0.287 e. The number of aromatic nitrogens is 2. The number of aryl methyl sites for hydroxylation is 1. The Morgan fingerprint density at radius 3 is 3.13 bits per heavy atom. The van der Waals surface area contributed by atoms with Crippen LogP contribution in [0.25, 0.3) is 0 Å². The molecule has 3 nitrogen and oxygen atoms in total. The predicted molar refractivity (Wildman–Crippen MR) is 63.0 cm³/mol. The summed E-state index contributed by atoms with van der Waals surface area (Å²) >= 11 is 7.34. The molecule has 0 radical (unpaired) electrons. The Balaban J connectivity index is 2.54. The van der Waals surface area contributed by atoms with E-state index < -0.39 is 0 Å². The average Bonchev–Trinajstić information content (AvgIpc) is 2.24. The number of rotatable bonds is 2. The van der Waals surface area contributed by atoms with Crippen LogP contribution in [0.1, 0.15) is 17.7 Å². The Bertz CT molecular complexity index is 430. The third kappa shape index (κ3) is 2.06. The maximum Gasteiger partial charge on any atom is 0.257 e. The lowest BCUT2D eigenvalue weighted by atomic mass is 10.2. The maximum absolute atomic E-state index is 12.1. The molecule has 1 aliphatic heterocycles. The van der Waals surface area contributed by atoms with Gasteiger partial charge in [0.2, 0.25) is 0 Å². The Labute approximate surface area is 97.9 Å². The van der Waals surface area contributed by atoms with Gasteiger partial charge < -0.3 is 0 Å². The summed E-state index contributed by atoms with van der Waals surface area (Å²) in [6.45, 7) is 2.68. The summed E-state index contributed by atoms with van der Waals surface area (Å²) in [5.74, 6) is 1.53. The Morgan fingerprint density at radius 1 is 1.60 bits per heavy atom. The van der Waals surface area contributed by atoms with Crippen LogP contribution in [0.5, 0.6) is 0 Å². The van der Waals surface area contributed by atoms with Crippen molar-refractivity contribution in [1.82, 2.24) is 9.55 Å². The van der Waals surface area contributed by atoms with Gasteiger partial charge >= 0.3 is 0 Å². The van der Waals surface area contributed by atoms with Gasteiger partial charge in [0, 0.05) is 29.4 Å². The van der Waals surface area contributed by atoms with Crippen LogP contribution in [0.15, 0.2) is 9.95 Å². The second-order valence-corrected chi connectivity index (χ2v) is 5.00. The monoisotopic (exact) mass is 244 g/mol. The zero-order valence-corrected chi connectivity index (χ0v) is 10.2. The smallest absolute Gasteiger partial charge is 0.257 e. The van der Waals surface area contributed by atoms with Crippen molar-refractivity contribution in [2.24, 2.45) is 0 Å². The molecule has 1 aromatic rings. The summed E-state index contributed by atoms with van der Waals surface area (Å²) in [5.41, 5.74) is 1.71. The van der Waals surface area contributed by atoms with Gasteiger partial charge in [0.25, 0.3) is 5.56 Å². The Kier molecular flexibility index (Phi) is 3.36. The number of halogens is 1. The largest absolute Gasteiger partial charge is 0.287 e. The number of alkyl halides is 1. The molecule has 1 aromatic heterocycles. The molecule has 0 fully saturated rings. The van der Waals surface area contributed by atoms with E-state index in [4.69, 9.17) is 11.6 Å². The minimum atomic E-state index is 0.102. The zero-order valence-electron chi connectivity index (χ0n) is 8.62. The van der Waals surface area contributed by atoms with Gasteiger partial charge in [-0.15, -0.1) is 11.6 Å². The van der Waals surface area contributed by atoms with Crippen LogP contribution in [0.3, 0.4) is 0 Å². The van der Waals surface area contributed by atoms with E-state index >= 15 is 0 Å². The molecule has 1 aliphatic rings. The van der Waals surface area contributed by atoms with Crippen LogP contribution in [-0.2, 0) is 13.0 Å². The molecule has 0 bridgehead atoms. The summed E-state index contributed by atoms with van der Waals surface area (Å²) in [7, 11) is 0. The van der Waals surface area contributed by atoms with Gasteiger partial charge in [0.1, 0.15) is 0 Å². The maximum atomic E-state index is 12.1. The quantitative estimate of drug-likeness (QED) is 0.588. The van der Waals surface area contributed by atoms with E-state index in [9.17, 15) is 4.79 Å². The molecule has 0 spiro atoms. The second-order valence-electron chi connectivity index (χ2n) is 3.56. The van der Waals surface area contributed by atoms with E-state index in [1.807, 2.05) is 6.92 Å². The van der Waals surface area contributed by atoms with Crippen LogP contribution < -0.4 is 5.56 Å². The van der Waals surface area contributed by atoms with Crippen LogP contribution in [0.2, 0.25) is 0 Å². The zero-order chi connectivity index (χ0) is 10.8. The van der Waals surface area contributed by atoms with Gasteiger partial charge in [-0.2, -0.15) is 0 Å². The molecule has 0 aromatic carbocycles. The van der Waals surface area contributed by atoms with E-state index in [-0.39, 0.29) is 5.56 Å². The molecule has 0 saturated carbocycles. The third-order valence-electron chi connectivity index (χ3n) is 2.54. The van der Waals surface area contributed by atoms with E-state index in [0.717, 1.165) is 35.1 Å². The molecule has 2 rings (SSSR count). The van der Waals surface area contributed by atoms with Gasteiger partial charge in [-0.25, -0.2) is 4.98 Å². The van der Waals surface area contributed by atoms with Crippen molar-refractivity contribution in [2.75, 3.05) is 11.6 Å². The molecule has 0 amide bonds. The van der Waals surface area contributed by atoms with Gasteiger partial charge in [-0.1, -0.05) is 11.8 Å². The fourth-order valence-electron chi connectivity index (χ4n) is 1.75. The van der Waals surface area contributed by atoms with E-state index in [1.54, 1.807) is 16.3 Å². The summed E-state index contributed by atoms with van der Waals surface area (Å²) in [5, 5.41) is 0.863. The number of hydrogen-bond acceptors (Lipinski definition) is 3. The Hall–Kier alpha value is -0.480. The van der Waals surface area contributed by atoms with E-state index in [1.165, 1.54) is 0 Å². The first-order valence-corrected chi connectivity index (χ1v) is 6.55. The number of fused-ring (bicyclic) bond motifs is 1. The fraction of sp³-hybridized carbons (Fsp3) is 0.600. The molecule has 82 valence electrons. The molecule has 0 N–H and O–H groups in total. The lowest BCUT2D eigenvalue weighted by Crippen LogP contribution is -2.30. The highest BCUT2D eigenvalue weighted by molar-refractivity contribution is 7.99. The van der Waals surface area contributed by atoms with Crippen LogP contribution in [-0.4, -0.2) is 21.2 Å². The van der Waals surface area contributed by atoms with Gasteiger partial charge in [0.05, 0.1) is 0 Å². The van der Waals surface area contributed by atoms with Crippen LogP contribution in [0, 0.1) is 6.92 Å². The summed E-state index contributed by atoms with van der Waals surface area (Å²) in [4.78, 5) is 16.5. The Morgan fingerprint density at radius 2 is 2.40 bits per heavy atom. The molecule has 5 heteroatoms. The molecule has 0 atom stereocenters. The minimum absolute atomic E-state index is 0.102. The van der Waals surface area contributed by atoms with Gasteiger partial charge in [0.15, 0.2) is 5.16 Å². The fourth-order valence-corrected chi connectivity index (χ4v) is 2.93. The van der Waals surface area contributed by atoms with Crippen molar-refractivity contribution < 1.29 is 0 Å². The first-order chi connectivity index (χ1) is 7.24. The van der Waals surface area contributed by atoms with Crippen molar-refractivity contribution in [2.45, 2.75) is 31.5 Å². The van der Waals surface area contributed by atoms with Gasteiger partial charge in [-0.3, -0.25) is 9.36 Å². The standard InChI is InChI=1S/C10H13ClN2OS/c1-7-8(3-4-11)9(14)13-5-2-6-15-10(13)12-7/h2-6H2,1H3. The molecular formula is C10H13ClN2OS. The summed E-state index contributed by atoms with van der Waals surface area (Å²) in [6, 6.07) is 0. The van der Waals surface area contributed by atoms with Crippen LogP contribution in [0.4, 0.5) is 0 Å². The summed E-state index contributed by atoms with van der Waals surface area (Å²) in [6.07, 6.45) is 1.66. The molecule has 0 aliphatic carbocycles.